The van der Waals surface area contributed by atoms with Gasteiger partial charge in [-0.3, -0.25) is 5.10 Å². The molecule has 0 bridgehead atoms. The zero-order valence-corrected chi connectivity index (χ0v) is 18.1. The van der Waals surface area contributed by atoms with Gasteiger partial charge in [0.2, 0.25) is 0 Å². The molecule has 11 heteroatoms. The van der Waals surface area contributed by atoms with Gasteiger partial charge in [0.05, 0.1) is 27.8 Å². The zero-order chi connectivity index (χ0) is 21.5. The molecule has 2 aromatic carbocycles. The summed E-state index contributed by atoms with van der Waals surface area (Å²) in [5.41, 5.74) is 9.11. The molecular weight excluding hydrogens is 461 g/mol. The number of aromatic amines is 1. The highest BCUT2D eigenvalue weighted by atomic mass is 35.5. The van der Waals surface area contributed by atoms with E-state index >= 15 is 0 Å². The van der Waals surface area contributed by atoms with Crippen molar-refractivity contribution in [2.45, 2.75) is 13.1 Å². The Kier molecular flexibility index (Phi) is 5.15. The summed E-state index contributed by atoms with van der Waals surface area (Å²) in [7, 11) is 0. The number of rotatable bonds is 5. The second-order valence-electron chi connectivity index (χ2n) is 6.74. The summed E-state index contributed by atoms with van der Waals surface area (Å²) in [6, 6.07) is 10.6. The molecular formula is C20H14Cl3N7O. The van der Waals surface area contributed by atoms with Gasteiger partial charge in [0.1, 0.15) is 5.75 Å². The van der Waals surface area contributed by atoms with E-state index in [2.05, 4.69) is 25.5 Å². The Balaban J connectivity index is 1.56. The van der Waals surface area contributed by atoms with Crippen molar-refractivity contribution in [3.63, 3.8) is 0 Å². The van der Waals surface area contributed by atoms with Gasteiger partial charge in [0, 0.05) is 29.2 Å². The molecule has 0 aliphatic rings. The molecule has 0 amide bonds. The van der Waals surface area contributed by atoms with Crippen LogP contribution in [-0.4, -0.2) is 30.2 Å². The van der Waals surface area contributed by atoms with Crippen molar-refractivity contribution >= 4 is 56.9 Å². The Bertz CT molecular complexity index is 1430. The van der Waals surface area contributed by atoms with Crippen molar-refractivity contribution in [2.75, 3.05) is 0 Å². The molecule has 0 saturated carbocycles. The van der Waals surface area contributed by atoms with E-state index in [0.29, 0.717) is 49.8 Å². The van der Waals surface area contributed by atoms with Gasteiger partial charge in [-0.1, -0.05) is 40.0 Å². The molecule has 0 radical (unpaired) electrons. The molecule has 3 aromatic heterocycles. The first-order chi connectivity index (χ1) is 15.0. The normalized spacial score (nSPS) is 11.5. The van der Waals surface area contributed by atoms with Crippen LogP contribution in [0.4, 0.5) is 0 Å². The Morgan fingerprint density at radius 2 is 2.00 bits per heavy atom. The lowest BCUT2D eigenvalue weighted by atomic mass is 10.2. The monoisotopic (exact) mass is 473 g/mol. The highest BCUT2D eigenvalue weighted by Gasteiger charge is 2.19. The van der Waals surface area contributed by atoms with Gasteiger partial charge in [0.25, 0.3) is 0 Å². The third kappa shape index (κ3) is 3.57. The van der Waals surface area contributed by atoms with E-state index in [0.717, 1.165) is 16.6 Å². The second kappa shape index (κ2) is 7.97. The summed E-state index contributed by atoms with van der Waals surface area (Å²) in [4.78, 5) is 4.26. The molecule has 0 spiro atoms. The Hall–Kier alpha value is -2.91. The van der Waals surface area contributed by atoms with Crippen LogP contribution in [0.15, 0.2) is 42.6 Å². The highest BCUT2D eigenvalue weighted by molar-refractivity contribution is 6.35. The maximum absolute atomic E-state index is 6.42. The van der Waals surface area contributed by atoms with Gasteiger partial charge in [-0.15, -0.1) is 5.10 Å². The topological polar surface area (TPSA) is 108 Å². The number of nitrogens with zero attached hydrogens (tertiary/aromatic N) is 5. The molecule has 0 fully saturated rings. The predicted octanol–water partition coefficient (Wildman–Crippen LogP) is 4.96. The van der Waals surface area contributed by atoms with Crippen molar-refractivity contribution < 1.29 is 4.74 Å². The number of pyridine rings is 1. The largest absolute Gasteiger partial charge is 0.452 e. The van der Waals surface area contributed by atoms with Gasteiger partial charge < -0.3 is 10.5 Å². The van der Waals surface area contributed by atoms with Crippen molar-refractivity contribution in [3.05, 3.63) is 68.9 Å². The summed E-state index contributed by atoms with van der Waals surface area (Å²) in [6.07, 6.45) is 1.71. The predicted molar refractivity (Wildman–Crippen MR) is 120 cm³/mol. The number of hydrogen-bond acceptors (Lipinski definition) is 6. The number of benzene rings is 2. The van der Waals surface area contributed by atoms with E-state index in [9.17, 15) is 0 Å². The standard InChI is InChI=1S/C20H14Cl3N7O/c21-11-6-10(8-24)17(23)16(7-11)31-19-13(22)3-4-15-18(19)27-29-30(15)9-14-12-2-1-5-25-20(12)28-26-14/h1-7H,8-9,24H2,(H,25,26,28). The first-order valence-electron chi connectivity index (χ1n) is 9.20. The fourth-order valence-corrected chi connectivity index (χ4v) is 3.97. The van der Waals surface area contributed by atoms with Crippen LogP contribution in [0.5, 0.6) is 11.5 Å². The van der Waals surface area contributed by atoms with E-state index in [4.69, 9.17) is 45.3 Å². The lowest BCUT2D eigenvalue weighted by molar-refractivity contribution is 0.487. The number of nitrogens with two attached hydrogens (primary N) is 1. The van der Waals surface area contributed by atoms with Crippen LogP contribution >= 0.6 is 34.8 Å². The minimum absolute atomic E-state index is 0.219. The molecule has 5 aromatic rings. The molecule has 156 valence electrons. The molecule has 0 saturated heterocycles. The van der Waals surface area contributed by atoms with Crippen molar-refractivity contribution in [1.29, 1.82) is 0 Å². The maximum Gasteiger partial charge on any atom is 0.175 e. The summed E-state index contributed by atoms with van der Waals surface area (Å²) in [5.74, 6) is 0.661. The van der Waals surface area contributed by atoms with Gasteiger partial charge >= 0.3 is 0 Å². The molecule has 3 heterocycles. The number of H-pyrrole nitrogens is 1. The summed E-state index contributed by atoms with van der Waals surface area (Å²) in [5, 5.41) is 17.9. The fraction of sp³-hybridized carbons (Fsp3) is 0.100. The van der Waals surface area contributed by atoms with Gasteiger partial charge in [-0.05, 0) is 35.9 Å². The Morgan fingerprint density at radius 1 is 1.13 bits per heavy atom. The van der Waals surface area contributed by atoms with Crippen LogP contribution in [0.2, 0.25) is 15.1 Å². The average Bonchev–Trinajstić information content (AvgIpc) is 3.37. The van der Waals surface area contributed by atoms with Crippen LogP contribution in [0.3, 0.4) is 0 Å². The second-order valence-corrected chi connectivity index (χ2v) is 7.97. The Labute approximate surface area is 190 Å². The minimum atomic E-state index is 0.219. The smallest absolute Gasteiger partial charge is 0.175 e. The van der Waals surface area contributed by atoms with Crippen molar-refractivity contribution in [1.82, 2.24) is 30.2 Å². The lowest BCUT2D eigenvalue weighted by Gasteiger charge is -2.12. The van der Waals surface area contributed by atoms with Crippen LogP contribution in [-0.2, 0) is 13.1 Å². The third-order valence-corrected chi connectivity index (χ3v) is 5.76. The number of aromatic nitrogens is 6. The molecule has 5 rings (SSSR count). The number of ether oxygens (including phenoxy) is 1. The zero-order valence-electron chi connectivity index (χ0n) is 15.8. The Morgan fingerprint density at radius 3 is 2.84 bits per heavy atom. The van der Waals surface area contributed by atoms with Crippen LogP contribution in [0, 0.1) is 0 Å². The SMILES string of the molecule is NCc1cc(Cl)cc(Oc2c(Cl)ccc3c2nnn3Cc2n[nH]c3ncccc23)c1Cl. The average molecular weight is 475 g/mol. The fourth-order valence-electron chi connectivity index (χ4n) is 3.32. The van der Waals surface area contributed by atoms with E-state index in [-0.39, 0.29) is 6.54 Å². The summed E-state index contributed by atoms with van der Waals surface area (Å²) >= 11 is 19.0. The van der Waals surface area contributed by atoms with Gasteiger partial charge in [-0.25, -0.2) is 9.67 Å². The molecule has 0 aliphatic heterocycles. The molecule has 0 aliphatic carbocycles. The number of halogens is 3. The molecule has 8 nitrogen and oxygen atoms in total. The van der Waals surface area contributed by atoms with Crippen molar-refractivity contribution in [3.8, 4) is 11.5 Å². The van der Waals surface area contributed by atoms with E-state index in [1.54, 1.807) is 29.1 Å². The number of nitrogens with one attached hydrogen (secondary N) is 1. The lowest BCUT2D eigenvalue weighted by Crippen LogP contribution is -2.02. The molecule has 3 N–H and O–H groups in total. The highest BCUT2D eigenvalue weighted by Crippen LogP contribution is 2.40. The number of hydrogen-bond donors (Lipinski definition) is 2. The molecule has 0 unspecified atom stereocenters. The summed E-state index contributed by atoms with van der Waals surface area (Å²) < 4.78 is 7.76. The number of fused-ring (bicyclic) bond motifs is 2. The first kappa shape index (κ1) is 20.0. The molecule has 31 heavy (non-hydrogen) atoms. The van der Waals surface area contributed by atoms with E-state index in [1.807, 2.05) is 18.2 Å². The van der Waals surface area contributed by atoms with Crippen molar-refractivity contribution in [2.24, 2.45) is 5.73 Å². The van der Waals surface area contributed by atoms with Crippen LogP contribution in [0.1, 0.15) is 11.3 Å². The first-order valence-corrected chi connectivity index (χ1v) is 10.3. The van der Waals surface area contributed by atoms with E-state index in [1.165, 1.54) is 0 Å². The van der Waals surface area contributed by atoms with Crippen LogP contribution < -0.4 is 10.5 Å². The maximum atomic E-state index is 6.42. The third-order valence-electron chi connectivity index (χ3n) is 4.82. The van der Waals surface area contributed by atoms with Gasteiger partial charge in [0.15, 0.2) is 16.9 Å². The van der Waals surface area contributed by atoms with Gasteiger partial charge in [-0.2, -0.15) is 5.10 Å². The van der Waals surface area contributed by atoms with E-state index < -0.39 is 0 Å². The molecule has 0 atom stereocenters. The quantitative estimate of drug-likeness (QED) is 0.373. The minimum Gasteiger partial charge on any atom is -0.452 e. The van der Waals surface area contributed by atoms with Crippen LogP contribution in [0.25, 0.3) is 22.1 Å². The summed E-state index contributed by atoms with van der Waals surface area (Å²) in [6.45, 7) is 0.606.